The van der Waals surface area contributed by atoms with Crippen LogP contribution in [0.15, 0.2) is 24.3 Å². The third-order valence-electron chi connectivity index (χ3n) is 17.2. The number of carbonyl (C=O) groups excluding carboxylic acids is 2. The van der Waals surface area contributed by atoms with Crippen LogP contribution < -0.4 is 0 Å². The summed E-state index contributed by atoms with van der Waals surface area (Å²) < 4.78 is 10.8. The van der Waals surface area contributed by atoms with Crippen LogP contribution in [0.4, 0.5) is 0 Å². The maximum absolute atomic E-state index is 12.4. The molecule has 0 aromatic carbocycles. The van der Waals surface area contributed by atoms with E-state index >= 15 is 0 Å². The standard InChI is InChI=1S/C75H144O5/c1-3-5-7-9-11-13-15-17-19-21-23-25-27-29-30-31-32-33-34-35-36-37-38-39-40-41-42-43-44-46-47-49-51-53-55-57-59-61-63-65-67-69-74(77)79-72-73(71-76)80-75(78)70-68-66-64-62-60-58-56-54-52-50-48-45-28-26-24-22-20-18-16-14-12-10-8-6-4-2/h16,18,22,24,73,76H,3-15,17,19-21,23,25-72H2,1-2H3/b18-16-,24-22-. The Morgan fingerprint density at radius 2 is 0.500 bits per heavy atom. The number of ether oxygens (including phenoxy) is 2. The maximum atomic E-state index is 12.4. The van der Waals surface area contributed by atoms with Gasteiger partial charge in [0.2, 0.25) is 0 Å². The molecule has 0 amide bonds. The van der Waals surface area contributed by atoms with E-state index < -0.39 is 6.10 Å². The molecular formula is C75H144O5. The highest BCUT2D eigenvalue weighted by molar-refractivity contribution is 5.70. The van der Waals surface area contributed by atoms with Gasteiger partial charge >= 0.3 is 11.9 Å². The molecule has 0 fully saturated rings. The van der Waals surface area contributed by atoms with Crippen molar-refractivity contribution in [3.05, 3.63) is 24.3 Å². The Kier molecular flexibility index (Phi) is 70.2. The van der Waals surface area contributed by atoms with Crippen molar-refractivity contribution in [2.75, 3.05) is 13.2 Å². The number of aliphatic hydroxyl groups is 1. The molecule has 5 heteroatoms. The van der Waals surface area contributed by atoms with Crippen LogP contribution in [0.3, 0.4) is 0 Å². The first-order valence-corrected chi connectivity index (χ1v) is 36.9. The predicted octanol–water partition coefficient (Wildman–Crippen LogP) is 25.6. The molecule has 0 spiro atoms. The number of allylic oxidation sites excluding steroid dienone is 4. The fourth-order valence-electron chi connectivity index (χ4n) is 11.7. The van der Waals surface area contributed by atoms with Crippen molar-refractivity contribution in [2.24, 2.45) is 0 Å². The molecular weight excluding hydrogens is 981 g/mol. The zero-order valence-corrected chi connectivity index (χ0v) is 54.6. The SMILES string of the molecule is CCCCCCC/C=C\C/C=C\CCCCCCCCCCCCCCCC(=O)OC(CO)COC(=O)CCCCCCCCCCCCCCCCCCCCCCCCCCCCCCCCCCCCCCCCCCC. The average Bonchev–Trinajstić information content (AvgIpc) is 3.46. The molecule has 1 N–H and O–H groups in total. The van der Waals surface area contributed by atoms with E-state index in [1.807, 2.05) is 0 Å². The lowest BCUT2D eigenvalue weighted by Gasteiger charge is -2.15. The summed E-state index contributed by atoms with van der Waals surface area (Å²) in [5, 5.41) is 9.70. The Morgan fingerprint density at radius 3 is 0.738 bits per heavy atom. The Labute approximate surface area is 502 Å². The van der Waals surface area contributed by atoms with Crippen molar-refractivity contribution >= 4 is 11.9 Å². The van der Waals surface area contributed by atoms with E-state index in [-0.39, 0.29) is 25.2 Å². The third kappa shape index (κ3) is 68.9. The van der Waals surface area contributed by atoms with Gasteiger partial charge in [0.15, 0.2) is 6.10 Å². The highest BCUT2D eigenvalue weighted by Crippen LogP contribution is 2.20. The van der Waals surface area contributed by atoms with E-state index in [1.165, 1.54) is 360 Å². The molecule has 0 aliphatic heterocycles. The lowest BCUT2D eigenvalue weighted by atomic mass is 10.0. The van der Waals surface area contributed by atoms with Gasteiger partial charge in [0, 0.05) is 12.8 Å². The molecule has 1 atom stereocenters. The molecule has 0 radical (unpaired) electrons. The molecule has 474 valence electrons. The first-order chi connectivity index (χ1) is 39.6. The van der Waals surface area contributed by atoms with Crippen LogP contribution in [0.5, 0.6) is 0 Å². The number of esters is 2. The summed E-state index contributed by atoms with van der Waals surface area (Å²) in [6.07, 6.45) is 93.9. The first-order valence-electron chi connectivity index (χ1n) is 36.9. The van der Waals surface area contributed by atoms with E-state index in [2.05, 4.69) is 38.2 Å². The molecule has 0 aliphatic carbocycles. The smallest absolute Gasteiger partial charge is 0.306 e. The van der Waals surface area contributed by atoms with Gasteiger partial charge < -0.3 is 14.6 Å². The Morgan fingerprint density at radius 1 is 0.287 bits per heavy atom. The van der Waals surface area contributed by atoms with Gasteiger partial charge in [-0.3, -0.25) is 9.59 Å². The molecule has 0 heterocycles. The van der Waals surface area contributed by atoms with Crippen LogP contribution in [0, 0.1) is 0 Å². The van der Waals surface area contributed by atoms with Gasteiger partial charge in [0.1, 0.15) is 6.61 Å². The van der Waals surface area contributed by atoms with E-state index in [0.717, 1.165) is 38.5 Å². The Balaban J connectivity index is 3.34. The fraction of sp³-hybridized carbons (Fsp3) is 0.920. The van der Waals surface area contributed by atoms with Crippen molar-refractivity contribution in [3.8, 4) is 0 Å². The van der Waals surface area contributed by atoms with Crippen LogP contribution in [0.1, 0.15) is 425 Å². The van der Waals surface area contributed by atoms with Gasteiger partial charge in [-0.2, -0.15) is 0 Å². The largest absolute Gasteiger partial charge is 0.462 e. The molecule has 0 rings (SSSR count). The van der Waals surface area contributed by atoms with Crippen molar-refractivity contribution in [3.63, 3.8) is 0 Å². The summed E-state index contributed by atoms with van der Waals surface area (Å²) in [5.74, 6) is -0.567. The third-order valence-corrected chi connectivity index (χ3v) is 17.2. The van der Waals surface area contributed by atoms with E-state index in [1.54, 1.807) is 0 Å². The molecule has 0 saturated carbocycles. The number of aliphatic hydroxyl groups excluding tert-OH is 1. The molecule has 0 aromatic heterocycles. The summed E-state index contributed by atoms with van der Waals surface area (Å²) in [6, 6.07) is 0. The van der Waals surface area contributed by atoms with Gasteiger partial charge in [0.25, 0.3) is 0 Å². The minimum absolute atomic E-state index is 0.0594. The first kappa shape index (κ1) is 78.4. The van der Waals surface area contributed by atoms with Gasteiger partial charge in [-0.25, -0.2) is 0 Å². The van der Waals surface area contributed by atoms with Gasteiger partial charge in [-0.05, 0) is 44.9 Å². The molecule has 0 aromatic rings. The zero-order valence-electron chi connectivity index (χ0n) is 54.6. The maximum Gasteiger partial charge on any atom is 0.306 e. The van der Waals surface area contributed by atoms with Crippen LogP contribution in [0.25, 0.3) is 0 Å². The summed E-state index contributed by atoms with van der Waals surface area (Å²) in [4.78, 5) is 24.6. The Hall–Kier alpha value is -1.62. The van der Waals surface area contributed by atoms with E-state index in [4.69, 9.17) is 9.47 Å². The van der Waals surface area contributed by atoms with Crippen molar-refractivity contribution in [1.82, 2.24) is 0 Å². The van der Waals surface area contributed by atoms with Crippen LogP contribution >= 0.6 is 0 Å². The van der Waals surface area contributed by atoms with Gasteiger partial charge in [0.05, 0.1) is 6.61 Å². The van der Waals surface area contributed by atoms with Gasteiger partial charge in [-0.15, -0.1) is 0 Å². The minimum atomic E-state index is -0.770. The van der Waals surface area contributed by atoms with Crippen LogP contribution in [0.2, 0.25) is 0 Å². The second-order valence-electron chi connectivity index (χ2n) is 25.4. The molecule has 0 bridgehead atoms. The Bertz CT molecular complexity index is 1230. The normalized spacial score (nSPS) is 12.2. The zero-order chi connectivity index (χ0) is 57.6. The highest BCUT2D eigenvalue weighted by Gasteiger charge is 2.16. The number of hydrogen-bond acceptors (Lipinski definition) is 5. The fourth-order valence-corrected chi connectivity index (χ4v) is 11.7. The molecule has 5 nitrogen and oxygen atoms in total. The lowest BCUT2D eigenvalue weighted by molar-refractivity contribution is -0.161. The van der Waals surface area contributed by atoms with Crippen molar-refractivity contribution in [1.29, 1.82) is 0 Å². The summed E-state index contributed by atoms with van der Waals surface area (Å²) >= 11 is 0. The van der Waals surface area contributed by atoms with Gasteiger partial charge in [-0.1, -0.05) is 391 Å². The number of unbranched alkanes of at least 4 members (excludes halogenated alkanes) is 58. The predicted molar refractivity (Wildman–Crippen MR) is 353 cm³/mol. The average molecular weight is 1130 g/mol. The molecule has 0 saturated heterocycles. The number of rotatable bonds is 70. The van der Waals surface area contributed by atoms with E-state index in [9.17, 15) is 14.7 Å². The monoisotopic (exact) mass is 1130 g/mol. The molecule has 80 heavy (non-hydrogen) atoms. The van der Waals surface area contributed by atoms with Crippen LogP contribution in [-0.2, 0) is 19.1 Å². The second kappa shape index (κ2) is 71.6. The van der Waals surface area contributed by atoms with E-state index in [0.29, 0.717) is 12.8 Å². The summed E-state index contributed by atoms with van der Waals surface area (Å²) in [5.41, 5.74) is 0. The lowest BCUT2D eigenvalue weighted by Crippen LogP contribution is -2.28. The molecule has 0 aliphatic rings. The second-order valence-corrected chi connectivity index (χ2v) is 25.4. The summed E-state index contributed by atoms with van der Waals surface area (Å²) in [6.45, 7) is 4.20. The summed E-state index contributed by atoms with van der Waals surface area (Å²) in [7, 11) is 0. The molecule has 1 unspecified atom stereocenters. The van der Waals surface area contributed by atoms with Crippen LogP contribution in [-0.4, -0.2) is 36.4 Å². The number of carbonyl (C=O) groups is 2. The quantitative estimate of drug-likeness (QED) is 0.0373. The van der Waals surface area contributed by atoms with Crippen molar-refractivity contribution < 1.29 is 24.2 Å². The number of hydrogen-bond donors (Lipinski definition) is 1. The minimum Gasteiger partial charge on any atom is -0.462 e. The topological polar surface area (TPSA) is 72.8 Å². The van der Waals surface area contributed by atoms with Crippen molar-refractivity contribution in [2.45, 2.75) is 431 Å². The highest BCUT2D eigenvalue weighted by atomic mass is 16.6.